The molecule has 72 valence electrons. The summed E-state index contributed by atoms with van der Waals surface area (Å²) in [6.45, 7) is 3.57. The highest BCUT2D eigenvalue weighted by Gasteiger charge is 2.41. The first-order valence-corrected chi connectivity index (χ1v) is 6.27. The van der Waals surface area contributed by atoms with Crippen LogP contribution in [-0.4, -0.2) is 29.2 Å². The maximum Gasteiger partial charge on any atom is 0.190 e. The number of hydrogen-bond acceptors (Lipinski definition) is 2. The van der Waals surface area contributed by atoms with Gasteiger partial charge in [-0.05, 0) is 6.42 Å². The van der Waals surface area contributed by atoms with E-state index in [0.29, 0.717) is 13.2 Å². The third-order valence-corrected chi connectivity index (χ3v) is 3.92. The summed E-state index contributed by atoms with van der Waals surface area (Å²) in [5, 5.41) is 0.732. The van der Waals surface area contributed by atoms with Crippen LogP contribution < -0.4 is 0 Å². The predicted molar refractivity (Wildman–Crippen MR) is 56.1 cm³/mol. The molecular weight excluding hydrogens is 288 g/mol. The average molecular weight is 302 g/mol. The van der Waals surface area contributed by atoms with Crippen molar-refractivity contribution < 1.29 is 9.47 Å². The largest absolute Gasteiger partial charge is 0.346 e. The third kappa shape index (κ3) is 2.22. The second-order valence-electron chi connectivity index (χ2n) is 2.90. The molecule has 2 nitrogen and oxygen atoms in total. The van der Waals surface area contributed by atoms with Gasteiger partial charge in [0.2, 0.25) is 0 Å². The Labute approximate surface area is 90.3 Å². The standard InChI is InChI=1S/C8H14Br2O2/c1-2-3-7(10)8(6-9)11-4-5-12-8/h7H,2-6H2,1H3. The summed E-state index contributed by atoms with van der Waals surface area (Å²) < 4.78 is 11.2. The van der Waals surface area contributed by atoms with E-state index in [-0.39, 0.29) is 4.83 Å². The topological polar surface area (TPSA) is 18.5 Å². The molecule has 0 aliphatic carbocycles. The molecule has 1 aliphatic rings. The maximum atomic E-state index is 5.59. The molecule has 0 bridgehead atoms. The van der Waals surface area contributed by atoms with Crippen molar-refractivity contribution in [2.24, 2.45) is 0 Å². The Balaban J connectivity index is 2.52. The minimum absolute atomic E-state index is 0.289. The maximum absolute atomic E-state index is 5.59. The predicted octanol–water partition coefficient (Wildman–Crippen LogP) is 2.69. The van der Waals surface area contributed by atoms with Crippen molar-refractivity contribution in [1.29, 1.82) is 0 Å². The van der Waals surface area contributed by atoms with Crippen LogP contribution in [0.1, 0.15) is 19.8 Å². The molecule has 1 rings (SSSR count). The summed E-state index contributed by atoms with van der Waals surface area (Å²) in [7, 11) is 0. The number of halogens is 2. The van der Waals surface area contributed by atoms with Crippen molar-refractivity contribution in [3.05, 3.63) is 0 Å². The number of rotatable bonds is 4. The van der Waals surface area contributed by atoms with Gasteiger partial charge in [0.25, 0.3) is 0 Å². The lowest BCUT2D eigenvalue weighted by atomic mass is 10.1. The van der Waals surface area contributed by atoms with E-state index in [1.807, 2.05) is 0 Å². The minimum atomic E-state index is -0.421. The Hall–Kier alpha value is 0.880. The van der Waals surface area contributed by atoms with Crippen molar-refractivity contribution in [2.75, 3.05) is 18.5 Å². The molecule has 1 heterocycles. The molecule has 0 saturated carbocycles. The highest BCUT2D eigenvalue weighted by molar-refractivity contribution is 9.10. The average Bonchev–Trinajstić information content (AvgIpc) is 2.54. The zero-order valence-electron chi connectivity index (χ0n) is 7.19. The van der Waals surface area contributed by atoms with Gasteiger partial charge in [0.05, 0.1) is 23.4 Å². The smallest absolute Gasteiger partial charge is 0.190 e. The number of ether oxygens (including phenoxy) is 2. The van der Waals surface area contributed by atoms with Gasteiger partial charge in [0.1, 0.15) is 0 Å². The van der Waals surface area contributed by atoms with E-state index in [0.717, 1.165) is 18.2 Å². The van der Waals surface area contributed by atoms with Crippen molar-refractivity contribution in [1.82, 2.24) is 0 Å². The Morgan fingerprint density at radius 1 is 1.42 bits per heavy atom. The number of hydrogen-bond donors (Lipinski definition) is 0. The molecule has 0 aromatic carbocycles. The van der Waals surface area contributed by atoms with E-state index >= 15 is 0 Å². The van der Waals surface area contributed by atoms with Crippen molar-refractivity contribution in [2.45, 2.75) is 30.4 Å². The molecule has 0 amide bonds. The van der Waals surface area contributed by atoms with E-state index in [9.17, 15) is 0 Å². The molecule has 0 aromatic heterocycles. The van der Waals surface area contributed by atoms with E-state index in [2.05, 4.69) is 38.8 Å². The molecule has 1 unspecified atom stereocenters. The first-order valence-electron chi connectivity index (χ1n) is 4.23. The quantitative estimate of drug-likeness (QED) is 0.743. The van der Waals surface area contributed by atoms with E-state index < -0.39 is 5.79 Å². The van der Waals surface area contributed by atoms with Gasteiger partial charge in [-0.1, -0.05) is 45.2 Å². The van der Waals surface area contributed by atoms with Gasteiger partial charge >= 0.3 is 0 Å². The van der Waals surface area contributed by atoms with Crippen LogP contribution >= 0.6 is 31.9 Å². The van der Waals surface area contributed by atoms with Crippen LogP contribution in [0, 0.1) is 0 Å². The molecule has 4 heteroatoms. The SMILES string of the molecule is CCCC(Br)C1(CBr)OCCO1. The van der Waals surface area contributed by atoms with Crippen LogP contribution in [0.25, 0.3) is 0 Å². The Morgan fingerprint density at radius 2 is 2.00 bits per heavy atom. The first-order chi connectivity index (χ1) is 5.75. The third-order valence-electron chi connectivity index (χ3n) is 1.98. The molecule has 1 atom stereocenters. The van der Waals surface area contributed by atoms with E-state index in [1.54, 1.807) is 0 Å². The van der Waals surface area contributed by atoms with Crippen LogP contribution in [-0.2, 0) is 9.47 Å². The molecule has 1 saturated heterocycles. The summed E-state index contributed by atoms with van der Waals surface area (Å²) >= 11 is 7.03. The van der Waals surface area contributed by atoms with Crippen LogP contribution in [0.15, 0.2) is 0 Å². The van der Waals surface area contributed by atoms with Gasteiger partial charge in [-0.15, -0.1) is 0 Å². The lowest BCUT2D eigenvalue weighted by molar-refractivity contribution is -0.135. The zero-order valence-corrected chi connectivity index (χ0v) is 10.4. The van der Waals surface area contributed by atoms with Crippen LogP contribution in [0.2, 0.25) is 0 Å². The fourth-order valence-electron chi connectivity index (χ4n) is 1.29. The fraction of sp³-hybridized carbons (Fsp3) is 1.00. The molecule has 1 fully saturated rings. The molecule has 1 aliphatic heterocycles. The molecular formula is C8H14Br2O2. The summed E-state index contributed by atoms with van der Waals surface area (Å²) in [5.74, 6) is -0.421. The first kappa shape index (κ1) is 11.0. The number of alkyl halides is 2. The van der Waals surface area contributed by atoms with Crippen LogP contribution in [0.3, 0.4) is 0 Å². The normalized spacial score (nSPS) is 24.2. The van der Waals surface area contributed by atoms with Crippen molar-refractivity contribution in [3.8, 4) is 0 Å². The second kappa shape index (κ2) is 4.94. The van der Waals surface area contributed by atoms with Gasteiger partial charge in [0, 0.05) is 0 Å². The monoisotopic (exact) mass is 300 g/mol. The van der Waals surface area contributed by atoms with Crippen LogP contribution in [0.4, 0.5) is 0 Å². The summed E-state index contributed by atoms with van der Waals surface area (Å²) in [6, 6.07) is 0. The molecule has 0 radical (unpaired) electrons. The zero-order chi connectivity index (χ0) is 9.03. The molecule has 0 N–H and O–H groups in total. The highest BCUT2D eigenvalue weighted by atomic mass is 79.9. The van der Waals surface area contributed by atoms with E-state index in [4.69, 9.17) is 9.47 Å². The summed E-state index contributed by atoms with van der Waals surface area (Å²) in [6.07, 6.45) is 2.21. The highest BCUT2D eigenvalue weighted by Crippen LogP contribution is 2.32. The van der Waals surface area contributed by atoms with Gasteiger partial charge < -0.3 is 9.47 Å². The lowest BCUT2D eigenvalue weighted by Gasteiger charge is -2.30. The Morgan fingerprint density at radius 3 is 2.42 bits per heavy atom. The Kier molecular flexibility index (Phi) is 4.51. The summed E-state index contributed by atoms with van der Waals surface area (Å²) in [5.41, 5.74) is 0. The second-order valence-corrected chi connectivity index (χ2v) is 4.56. The van der Waals surface area contributed by atoms with E-state index in [1.165, 1.54) is 0 Å². The van der Waals surface area contributed by atoms with Crippen molar-refractivity contribution in [3.63, 3.8) is 0 Å². The molecule has 0 spiro atoms. The van der Waals surface area contributed by atoms with Gasteiger partial charge in [0.15, 0.2) is 5.79 Å². The molecule has 0 aromatic rings. The lowest BCUT2D eigenvalue weighted by Crippen LogP contribution is -2.41. The van der Waals surface area contributed by atoms with Gasteiger partial charge in [-0.3, -0.25) is 0 Å². The van der Waals surface area contributed by atoms with Gasteiger partial charge in [-0.25, -0.2) is 0 Å². The van der Waals surface area contributed by atoms with Crippen LogP contribution in [0.5, 0.6) is 0 Å². The fourth-order valence-corrected chi connectivity index (χ4v) is 3.32. The molecule has 12 heavy (non-hydrogen) atoms. The Bertz CT molecular complexity index is 135. The minimum Gasteiger partial charge on any atom is -0.346 e. The van der Waals surface area contributed by atoms with Crippen molar-refractivity contribution >= 4 is 31.9 Å². The summed E-state index contributed by atoms with van der Waals surface area (Å²) in [4.78, 5) is 0.289. The van der Waals surface area contributed by atoms with Gasteiger partial charge in [-0.2, -0.15) is 0 Å².